The summed E-state index contributed by atoms with van der Waals surface area (Å²) in [7, 11) is 0. The third kappa shape index (κ3) is 4.51. The number of pyridine rings is 1. The maximum absolute atomic E-state index is 11.9. The van der Waals surface area contributed by atoms with Gasteiger partial charge in [0.05, 0.1) is 30.5 Å². The predicted molar refractivity (Wildman–Crippen MR) is 91.8 cm³/mol. The molecule has 0 aliphatic rings. The second-order valence-electron chi connectivity index (χ2n) is 4.86. The van der Waals surface area contributed by atoms with Crippen molar-refractivity contribution in [2.75, 3.05) is 0 Å². The molecule has 0 aliphatic carbocycles. The highest BCUT2D eigenvalue weighted by atomic mass is 16.3. The van der Waals surface area contributed by atoms with Crippen molar-refractivity contribution < 1.29 is 18.4 Å². The van der Waals surface area contributed by atoms with Crippen molar-refractivity contribution in [2.24, 2.45) is 10.2 Å². The maximum atomic E-state index is 11.9. The van der Waals surface area contributed by atoms with Crippen LogP contribution in [-0.2, 0) is 0 Å². The minimum atomic E-state index is -0.518. The Morgan fingerprint density at radius 2 is 1.50 bits per heavy atom. The van der Waals surface area contributed by atoms with Gasteiger partial charge in [0.1, 0.15) is 17.2 Å². The van der Waals surface area contributed by atoms with Gasteiger partial charge in [-0.2, -0.15) is 10.2 Å². The summed E-state index contributed by atoms with van der Waals surface area (Å²) in [6.07, 6.45) is 6.98. The van der Waals surface area contributed by atoms with Crippen LogP contribution in [0.2, 0.25) is 0 Å². The average molecular weight is 351 g/mol. The number of nitrogens with zero attached hydrogens (tertiary/aromatic N) is 3. The van der Waals surface area contributed by atoms with Gasteiger partial charge in [0.15, 0.2) is 0 Å². The van der Waals surface area contributed by atoms with Crippen LogP contribution in [-0.4, -0.2) is 29.2 Å². The Morgan fingerprint density at radius 3 is 2.00 bits per heavy atom. The van der Waals surface area contributed by atoms with Crippen molar-refractivity contribution in [3.8, 4) is 0 Å². The molecule has 0 radical (unpaired) electrons. The van der Waals surface area contributed by atoms with Gasteiger partial charge in [0.25, 0.3) is 11.8 Å². The van der Waals surface area contributed by atoms with E-state index in [1.807, 2.05) is 0 Å². The van der Waals surface area contributed by atoms with E-state index in [9.17, 15) is 9.59 Å². The van der Waals surface area contributed by atoms with Crippen molar-refractivity contribution in [1.29, 1.82) is 0 Å². The SMILES string of the molecule is O=C(N/N=C/c1ccco1)c1ccc(C(=O)N/N=C/c2ccco2)nc1. The monoisotopic (exact) mass is 351 g/mol. The molecule has 9 nitrogen and oxygen atoms in total. The molecule has 0 fully saturated rings. The molecule has 3 rings (SSSR count). The molecule has 0 aliphatic heterocycles. The molecule has 0 atom stereocenters. The van der Waals surface area contributed by atoms with Gasteiger partial charge in [-0.3, -0.25) is 14.6 Å². The van der Waals surface area contributed by atoms with Crippen molar-refractivity contribution in [3.05, 3.63) is 77.9 Å². The van der Waals surface area contributed by atoms with Crippen LogP contribution in [0.5, 0.6) is 0 Å². The Balaban J connectivity index is 1.53. The second-order valence-corrected chi connectivity index (χ2v) is 4.86. The van der Waals surface area contributed by atoms with Crippen molar-refractivity contribution in [2.45, 2.75) is 0 Å². The molecule has 0 aromatic carbocycles. The van der Waals surface area contributed by atoms with Gasteiger partial charge in [0, 0.05) is 6.20 Å². The Labute approximate surface area is 147 Å². The summed E-state index contributed by atoms with van der Waals surface area (Å²) in [5, 5.41) is 7.51. The molecule has 3 heterocycles. The Kier molecular flexibility index (Phi) is 5.31. The highest BCUT2D eigenvalue weighted by molar-refractivity contribution is 5.96. The van der Waals surface area contributed by atoms with Crippen molar-refractivity contribution in [1.82, 2.24) is 15.8 Å². The third-order valence-electron chi connectivity index (χ3n) is 3.06. The quantitative estimate of drug-likeness (QED) is 0.518. The highest BCUT2D eigenvalue weighted by Gasteiger charge is 2.09. The normalized spacial score (nSPS) is 11.1. The van der Waals surface area contributed by atoms with Gasteiger partial charge in [-0.15, -0.1) is 0 Å². The lowest BCUT2D eigenvalue weighted by Gasteiger charge is -2.01. The van der Waals surface area contributed by atoms with Gasteiger partial charge in [-0.1, -0.05) is 0 Å². The molecule has 9 heteroatoms. The van der Waals surface area contributed by atoms with Crippen LogP contribution >= 0.6 is 0 Å². The lowest BCUT2D eigenvalue weighted by molar-refractivity contribution is 0.0939. The Hall–Kier alpha value is -4.01. The van der Waals surface area contributed by atoms with Gasteiger partial charge in [-0.25, -0.2) is 10.9 Å². The van der Waals surface area contributed by atoms with Crippen molar-refractivity contribution in [3.63, 3.8) is 0 Å². The van der Waals surface area contributed by atoms with Gasteiger partial charge < -0.3 is 8.83 Å². The molecule has 0 saturated heterocycles. The fourth-order valence-electron chi connectivity index (χ4n) is 1.82. The van der Waals surface area contributed by atoms with Gasteiger partial charge in [0.2, 0.25) is 0 Å². The molecule has 3 aromatic rings. The summed E-state index contributed by atoms with van der Waals surface area (Å²) in [6, 6.07) is 9.65. The molecule has 130 valence electrons. The fraction of sp³-hybridized carbons (Fsp3) is 0. The van der Waals surface area contributed by atoms with E-state index in [0.29, 0.717) is 11.5 Å². The third-order valence-corrected chi connectivity index (χ3v) is 3.06. The van der Waals surface area contributed by atoms with E-state index in [-0.39, 0.29) is 11.3 Å². The Morgan fingerprint density at radius 1 is 0.885 bits per heavy atom. The summed E-state index contributed by atoms with van der Waals surface area (Å²) >= 11 is 0. The number of hydrazone groups is 2. The summed E-state index contributed by atoms with van der Waals surface area (Å²) in [5.41, 5.74) is 5.00. The van der Waals surface area contributed by atoms with Crippen LogP contribution in [0.4, 0.5) is 0 Å². The molecule has 0 saturated carbocycles. The van der Waals surface area contributed by atoms with Crippen LogP contribution in [0.3, 0.4) is 0 Å². The average Bonchev–Trinajstić information content (AvgIpc) is 3.36. The first-order chi connectivity index (χ1) is 12.7. The predicted octanol–water partition coefficient (Wildman–Crippen LogP) is 1.80. The number of aromatic nitrogens is 1. The lowest BCUT2D eigenvalue weighted by Crippen LogP contribution is -2.21. The standard InChI is InChI=1S/C17H13N5O4/c23-16(21-19-10-13-3-1-7-25-13)12-5-6-15(18-9-12)17(24)22-20-11-14-4-2-8-26-14/h1-11H,(H,21,23)(H,22,24)/b19-10+,20-11+. The van der Waals surface area contributed by atoms with Crippen LogP contribution < -0.4 is 10.9 Å². The van der Waals surface area contributed by atoms with E-state index in [1.165, 1.54) is 43.3 Å². The first-order valence-electron chi connectivity index (χ1n) is 7.42. The largest absolute Gasteiger partial charge is 0.463 e. The number of nitrogens with one attached hydrogen (secondary N) is 2. The van der Waals surface area contributed by atoms with E-state index in [0.717, 1.165) is 0 Å². The van der Waals surface area contributed by atoms with Gasteiger partial charge >= 0.3 is 0 Å². The molecule has 2 N–H and O–H groups in total. The highest BCUT2D eigenvalue weighted by Crippen LogP contribution is 2.01. The number of hydrogen-bond donors (Lipinski definition) is 2. The van der Waals surface area contributed by atoms with E-state index in [2.05, 4.69) is 26.0 Å². The fourth-order valence-corrected chi connectivity index (χ4v) is 1.82. The van der Waals surface area contributed by atoms with Gasteiger partial charge in [-0.05, 0) is 36.4 Å². The smallest absolute Gasteiger partial charge is 0.289 e. The van der Waals surface area contributed by atoms with E-state index >= 15 is 0 Å². The van der Waals surface area contributed by atoms with E-state index in [4.69, 9.17) is 8.83 Å². The number of rotatable bonds is 6. The molecule has 2 amide bonds. The molecular formula is C17H13N5O4. The van der Waals surface area contributed by atoms with E-state index < -0.39 is 11.8 Å². The van der Waals surface area contributed by atoms with Crippen LogP contribution in [0.15, 0.2) is 74.2 Å². The molecule has 0 bridgehead atoms. The summed E-state index contributed by atoms with van der Waals surface area (Å²) in [4.78, 5) is 27.8. The topological polar surface area (TPSA) is 122 Å². The van der Waals surface area contributed by atoms with Crippen LogP contribution in [0.25, 0.3) is 0 Å². The molecule has 3 aromatic heterocycles. The zero-order chi connectivity index (χ0) is 18.2. The first-order valence-corrected chi connectivity index (χ1v) is 7.42. The van der Waals surface area contributed by atoms with E-state index in [1.54, 1.807) is 24.3 Å². The summed E-state index contributed by atoms with van der Waals surface area (Å²) in [6.45, 7) is 0. The number of carbonyl (C=O) groups excluding carboxylic acids is 2. The molecule has 0 spiro atoms. The maximum Gasteiger partial charge on any atom is 0.289 e. The number of carbonyl (C=O) groups is 2. The zero-order valence-electron chi connectivity index (χ0n) is 13.3. The first kappa shape index (κ1) is 16.8. The van der Waals surface area contributed by atoms with Crippen LogP contribution in [0.1, 0.15) is 32.4 Å². The second kappa shape index (κ2) is 8.20. The Bertz CT molecular complexity index is 835. The number of amides is 2. The number of hydrogen-bond acceptors (Lipinski definition) is 7. The zero-order valence-corrected chi connectivity index (χ0v) is 13.3. The summed E-state index contributed by atoms with van der Waals surface area (Å²) in [5.74, 6) is 0.0182. The minimum absolute atomic E-state index is 0.109. The number of furan rings is 2. The molecule has 0 unspecified atom stereocenters. The van der Waals surface area contributed by atoms with Crippen LogP contribution in [0, 0.1) is 0 Å². The molecule has 26 heavy (non-hydrogen) atoms. The minimum Gasteiger partial charge on any atom is -0.463 e. The lowest BCUT2D eigenvalue weighted by atomic mass is 10.2. The van der Waals surface area contributed by atoms with Crippen molar-refractivity contribution >= 4 is 24.2 Å². The molecular weight excluding hydrogens is 338 g/mol. The summed E-state index contributed by atoms with van der Waals surface area (Å²) < 4.78 is 10.1.